The summed E-state index contributed by atoms with van der Waals surface area (Å²) < 4.78 is 34.1. The maximum atomic E-state index is 13.8. The summed E-state index contributed by atoms with van der Waals surface area (Å²) in [5, 5.41) is 3.04. The Morgan fingerprint density at radius 3 is 2.26 bits per heavy atom. The van der Waals surface area contributed by atoms with Crippen LogP contribution in [0.4, 0.5) is 5.69 Å². The molecule has 0 aliphatic carbocycles. The zero-order valence-electron chi connectivity index (χ0n) is 21.8. The minimum atomic E-state index is -4.13. The molecule has 1 atom stereocenters. The fraction of sp³-hybridized carbons (Fsp3) is 0.286. The van der Waals surface area contributed by atoms with E-state index >= 15 is 0 Å². The standard InChI is InChI=1S/C28H32ClN3O5S/c1-5-37-25-13-11-24(12-14-25)32(38(35,36)26-15-9-20(2)10-16-26)19-27(33)31(21(3)28(34)30-4)18-22-7-6-8-23(29)17-22/h6-17,21H,5,18-19H2,1-4H3,(H,30,34)/t21-/m0/s1. The summed E-state index contributed by atoms with van der Waals surface area (Å²) in [7, 11) is -2.65. The minimum Gasteiger partial charge on any atom is -0.494 e. The Balaban J connectivity index is 2.03. The number of aryl methyl sites for hydroxylation is 1. The monoisotopic (exact) mass is 557 g/mol. The van der Waals surface area contributed by atoms with Gasteiger partial charge in [0.1, 0.15) is 18.3 Å². The molecule has 202 valence electrons. The molecule has 3 aromatic carbocycles. The third kappa shape index (κ3) is 7.05. The van der Waals surface area contributed by atoms with Gasteiger partial charge in [-0.25, -0.2) is 8.42 Å². The first-order chi connectivity index (χ1) is 18.1. The molecule has 0 heterocycles. The topological polar surface area (TPSA) is 96.0 Å². The highest BCUT2D eigenvalue weighted by Crippen LogP contribution is 2.27. The van der Waals surface area contributed by atoms with Gasteiger partial charge in [0.25, 0.3) is 10.0 Å². The van der Waals surface area contributed by atoms with Gasteiger partial charge in [0.15, 0.2) is 0 Å². The molecular formula is C28H32ClN3O5S. The maximum Gasteiger partial charge on any atom is 0.264 e. The fourth-order valence-corrected chi connectivity index (χ4v) is 5.49. The second kappa shape index (κ2) is 12.8. The number of sulfonamides is 1. The van der Waals surface area contributed by atoms with Gasteiger partial charge >= 0.3 is 0 Å². The lowest BCUT2D eigenvalue weighted by atomic mass is 10.1. The van der Waals surface area contributed by atoms with Crippen molar-refractivity contribution in [1.29, 1.82) is 0 Å². The number of carbonyl (C=O) groups excluding carboxylic acids is 2. The molecule has 0 aromatic heterocycles. The van der Waals surface area contributed by atoms with E-state index in [9.17, 15) is 18.0 Å². The number of halogens is 1. The molecule has 0 fully saturated rings. The van der Waals surface area contributed by atoms with Crippen LogP contribution in [0.3, 0.4) is 0 Å². The highest BCUT2D eigenvalue weighted by molar-refractivity contribution is 7.92. The smallest absolute Gasteiger partial charge is 0.264 e. The number of nitrogens with one attached hydrogen (secondary N) is 1. The molecule has 1 N–H and O–H groups in total. The Bertz CT molecular complexity index is 1360. The molecule has 10 heteroatoms. The summed E-state index contributed by atoms with van der Waals surface area (Å²) in [5.41, 5.74) is 1.90. The van der Waals surface area contributed by atoms with Crippen molar-refractivity contribution in [2.24, 2.45) is 0 Å². The van der Waals surface area contributed by atoms with Crippen molar-refractivity contribution in [3.63, 3.8) is 0 Å². The molecule has 38 heavy (non-hydrogen) atoms. The lowest BCUT2D eigenvalue weighted by molar-refractivity contribution is -0.139. The maximum absolute atomic E-state index is 13.8. The van der Waals surface area contributed by atoms with Crippen molar-refractivity contribution >= 4 is 39.1 Å². The third-order valence-electron chi connectivity index (χ3n) is 5.98. The van der Waals surface area contributed by atoms with Crippen molar-refractivity contribution in [3.05, 3.63) is 88.9 Å². The minimum absolute atomic E-state index is 0.0468. The first kappa shape index (κ1) is 29.0. The lowest BCUT2D eigenvalue weighted by Gasteiger charge is -2.31. The number of amides is 2. The van der Waals surface area contributed by atoms with Crippen molar-refractivity contribution in [1.82, 2.24) is 10.2 Å². The fourth-order valence-electron chi connectivity index (χ4n) is 3.87. The zero-order chi connectivity index (χ0) is 27.9. The number of benzene rings is 3. The first-order valence-electron chi connectivity index (χ1n) is 12.1. The van der Waals surface area contributed by atoms with Gasteiger partial charge < -0.3 is 15.0 Å². The molecule has 3 rings (SSSR count). The molecular weight excluding hydrogens is 526 g/mol. The number of hydrogen-bond acceptors (Lipinski definition) is 5. The predicted octanol–water partition coefficient (Wildman–Crippen LogP) is 4.41. The Morgan fingerprint density at radius 2 is 1.68 bits per heavy atom. The van der Waals surface area contributed by atoms with E-state index in [2.05, 4.69) is 5.32 Å². The summed E-state index contributed by atoms with van der Waals surface area (Å²) in [6.45, 7) is 5.30. The SMILES string of the molecule is CCOc1ccc(N(CC(=O)N(Cc2cccc(Cl)c2)[C@@H](C)C(=O)NC)S(=O)(=O)c2ccc(C)cc2)cc1. The van der Waals surface area contributed by atoms with Gasteiger partial charge in [-0.05, 0) is 74.9 Å². The summed E-state index contributed by atoms with van der Waals surface area (Å²) in [6.07, 6.45) is 0. The summed E-state index contributed by atoms with van der Waals surface area (Å²) >= 11 is 6.14. The van der Waals surface area contributed by atoms with E-state index < -0.39 is 28.5 Å². The average Bonchev–Trinajstić information content (AvgIpc) is 2.90. The van der Waals surface area contributed by atoms with Gasteiger partial charge in [0.2, 0.25) is 11.8 Å². The van der Waals surface area contributed by atoms with Crippen LogP contribution >= 0.6 is 11.6 Å². The third-order valence-corrected chi connectivity index (χ3v) is 8.00. The predicted molar refractivity (Wildman–Crippen MR) is 149 cm³/mol. The molecule has 2 amide bonds. The highest BCUT2D eigenvalue weighted by Gasteiger charge is 2.32. The van der Waals surface area contributed by atoms with E-state index in [1.54, 1.807) is 67.6 Å². The molecule has 0 unspecified atom stereocenters. The zero-order valence-corrected chi connectivity index (χ0v) is 23.4. The van der Waals surface area contributed by atoms with Gasteiger partial charge in [-0.3, -0.25) is 13.9 Å². The number of rotatable bonds is 11. The second-order valence-electron chi connectivity index (χ2n) is 8.69. The van der Waals surface area contributed by atoms with Gasteiger partial charge in [-0.15, -0.1) is 0 Å². The molecule has 3 aromatic rings. The molecule has 0 bridgehead atoms. The summed E-state index contributed by atoms with van der Waals surface area (Å²) in [5.74, 6) is -0.355. The van der Waals surface area contributed by atoms with Gasteiger partial charge in [0, 0.05) is 18.6 Å². The summed E-state index contributed by atoms with van der Waals surface area (Å²) in [6, 6.07) is 19.0. The number of nitrogens with zero attached hydrogens (tertiary/aromatic N) is 2. The van der Waals surface area contributed by atoms with Crippen LogP contribution in [-0.4, -0.2) is 51.4 Å². The average molecular weight is 558 g/mol. The molecule has 0 saturated carbocycles. The normalized spacial score (nSPS) is 11.9. The number of hydrogen-bond donors (Lipinski definition) is 1. The quantitative estimate of drug-likeness (QED) is 0.377. The van der Waals surface area contributed by atoms with Crippen LogP contribution in [0.5, 0.6) is 5.75 Å². The van der Waals surface area contributed by atoms with Crippen LogP contribution in [0.15, 0.2) is 77.7 Å². The number of ether oxygens (including phenoxy) is 1. The van der Waals surface area contributed by atoms with Crippen molar-refractivity contribution < 1.29 is 22.7 Å². The molecule has 0 aliphatic rings. The van der Waals surface area contributed by atoms with Crippen LogP contribution in [0.25, 0.3) is 0 Å². The van der Waals surface area contributed by atoms with E-state index in [1.807, 2.05) is 13.8 Å². The van der Waals surface area contributed by atoms with E-state index in [0.717, 1.165) is 9.87 Å². The van der Waals surface area contributed by atoms with Crippen LogP contribution in [0.1, 0.15) is 25.0 Å². The summed E-state index contributed by atoms with van der Waals surface area (Å²) in [4.78, 5) is 27.7. The van der Waals surface area contributed by atoms with Gasteiger partial charge in [0.05, 0.1) is 17.2 Å². The molecule has 0 spiro atoms. The number of anilines is 1. The second-order valence-corrected chi connectivity index (χ2v) is 11.0. The van der Waals surface area contributed by atoms with Crippen LogP contribution in [-0.2, 0) is 26.2 Å². The van der Waals surface area contributed by atoms with Crippen molar-refractivity contribution in [2.45, 2.75) is 38.3 Å². The van der Waals surface area contributed by atoms with E-state index in [1.165, 1.54) is 24.1 Å². The molecule has 0 radical (unpaired) electrons. The van der Waals surface area contributed by atoms with Crippen LogP contribution in [0, 0.1) is 6.92 Å². The van der Waals surface area contributed by atoms with E-state index in [0.29, 0.717) is 22.9 Å². The van der Waals surface area contributed by atoms with Crippen molar-refractivity contribution in [3.8, 4) is 5.75 Å². The molecule has 0 saturated heterocycles. The van der Waals surface area contributed by atoms with Gasteiger partial charge in [-0.2, -0.15) is 0 Å². The highest BCUT2D eigenvalue weighted by atomic mass is 35.5. The van der Waals surface area contributed by atoms with Crippen LogP contribution in [0.2, 0.25) is 5.02 Å². The first-order valence-corrected chi connectivity index (χ1v) is 14.0. The molecule has 8 nitrogen and oxygen atoms in total. The Morgan fingerprint density at radius 1 is 1.03 bits per heavy atom. The van der Waals surface area contributed by atoms with E-state index in [-0.39, 0.29) is 23.0 Å². The molecule has 0 aliphatic heterocycles. The number of likely N-dealkylation sites (N-methyl/N-ethyl adjacent to an activating group) is 1. The van der Waals surface area contributed by atoms with Crippen molar-refractivity contribution in [2.75, 3.05) is 24.5 Å². The Kier molecular flexibility index (Phi) is 9.77. The number of carbonyl (C=O) groups is 2. The lowest BCUT2D eigenvalue weighted by Crippen LogP contribution is -2.50. The van der Waals surface area contributed by atoms with Crippen LogP contribution < -0.4 is 14.4 Å². The Labute approximate surface area is 229 Å². The van der Waals surface area contributed by atoms with Gasteiger partial charge in [-0.1, -0.05) is 41.4 Å². The van der Waals surface area contributed by atoms with E-state index in [4.69, 9.17) is 16.3 Å². The Hall–Kier alpha value is -3.56. The largest absolute Gasteiger partial charge is 0.494 e.